The van der Waals surface area contributed by atoms with Crippen LogP contribution in [-0.2, 0) is 35.1 Å². The van der Waals surface area contributed by atoms with E-state index in [0.717, 1.165) is 12.1 Å². The lowest BCUT2D eigenvalue weighted by atomic mass is 9.98. The van der Waals surface area contributed by atoms with E-state index < -0.39 is 59.8 Å². The summed E-state index contributed by atoms with van der Waals surface area (Å²) < 4.78 is 67.7. The number of carbonyl (C=O) groups is 1. The third-order valence-electron chi connectivity index (χ3n) is 6.38. The maximum atomic E-state index is 13.9. The molecule has 1 amide bonds. The fourth-order valence-electron chi connectivity index (χ4n) is 4.80. The highest BCUT2D eigenvalue weighted by molar-refractivity contribution is 5.85. The monoisotopic (exact) mass is 548 g/mol. The Morgan fingerprint density at radius 2 is 1.67 bits per heavy atom. The summed E-state index contributed by atoms with van der Waals surface area (Å²) >= 11 is 0. The van der Waals surface area contributed by atoms with Crippen LogP contribution in [0.25, 0.3) is 0 Å². The molecule has 0 aromatic heterocycles. The number of nitrogens with zero attached hydrogens (tertiary/aromatic N) is 1. The van der Waals surface area contributed by atoms with Crippen molar-refractivity contribution in [2.45, 2.75) is 76.6 Å². The summed E-state index contributed by atoms with van der Waals surface area (Å²) in [5.41, 5.74) is 3.67. The Labute approximate surface area is 224 Å². The molecule has 210 valence electrons. The molecule has 2 aromatic rings. The number of hydrogen-bond donors (Lipinski definition) is 1. The maximum absolute atomic E-state index is 13.9. The molecule has 5 rings (SSSR count). The Bertz CT molecular complexity index is 1270. The van der Waals surface area contributed by atoms with Crippen molar-refractivity contribution >= 4 is 12.1 Å². The summed E-state index contributed by atoms with van der Waals surface area (Å²) in [6.07, 6.45) is -2.30. The molecule has 12 heteroatoms. The Morgan fingerprint density at radius 3 is 2.41 bits per heavy atom. The molecule has 3 heterocycles. The van der Waals surface area contributed by atoms with Crippen molar-refractivity contribution in [3.05, 3.63) is 59.2 Å². The topological polar surface area (TPSA) is 106 Å². The van der Waals surface area contributed by atoms with Crippen molar-refractivity contribution in [1.29, 1.82) is 0 Å². The molecule has 39 heavy (non-hydrogen) atoms. The van der Waals surface area contributed by atoms with Crippen molar-refractivity contribution in [2.24, 2.45) is 5.10 Å². The molecular weight excluding hydrogens is 518 g/mol. The largest absolute Gasteiger partial charge is 0.496 e. The van der Waals surface area contributed by atoms with Crippen LogP contribution >= 0.6 is 0 Å². The molecular formula is C27H30F2N2O8. The predicted molar refractivity (Wildman–Crippen MR) is 132 cm³/mol. The van der Waals surface area contributed by atoms with Gasteiger partial charge in [-0.15, -0.1) is 0 Å². The molecule has 0 saturated carbocycles. The average molecular weight is 549 g/mol. The van der Waals surface area contributed by atoms with Crippen LogP contribution < -0.4 is 14.9 Å². The number of ether oxygens (including phenoxy) is 7. The Morgan fingerprint density at radius 1 is 0.974 bits per heavy atom. The molecule has 5 unspecified atom stereocenters. The zero-order valence-electron chi connectivity index (χ0n) is 22.1. The zero-order chi connectivity index (χ0) is 27.9. The standard InChI is InChI=1S/C27H30F2N2O8/c1-26(2)36-20-21(37-26)23-25(39-27(3,4)38-23)35-22(20)24(32)31-30-12-14-6-8-18(33-5)15(10-14)13-34-19-9-7-16(28)11-17(19)29/h6-12,20-23,25H,13H2,1-5H3,(H,31,32). The van der Waals surface area contributed by atoms with E-state index in [1.54, 1.807) is 45.9 Å². The van der Waals surface area contributed by atoms with E-state index in [4.69, 9.17) is 33.2 Å². The third kappa shape index (κ3) is 5.89. The average Bonchev–Trinajstić information content (AvgIpc) is 3.36. The molecule has 3 saturated heterocycles. The van der Waals surface area contributed by atoms with Gasteiger partial charge >= 0.3 is 0 Å². The van der Waals surface area contributed by atoms with Crippen LogP contribution in [0.5, 0.6) is 11.5 Å². The second-order valence-corrected chi connectivity index (χ2v) is 10.3. The van der Waals surface area contributed by atoms with Crippen LogP contribution in [0, 0.1) is 11.6 Å². The van der Waals surface area contributed by atoms with Crippen LogP contribution in [0.4, 0.5) is 8.78 Å². The highest BCUT2D eigenvalue weighted by Gasteiger charge is 2.62. The third-order valence-corrected chi connectivity index (χ3v) is 6.38. The molecule has 3 aliphatic rings. The number of hydrogen-bond acceptors (Lipinski definition) is 9. The van der Waals surface area contributed by atoms with Gasteiger partial charge in [0.15, 0.2) is 35.5 Å². The van der Waals surface area contributed by atoms with Gasteiger partial charge in [0.1, 0.15) is 36.5 Å². The molecule has 0 spiro atoms. The van der Waals surface area contributed by atoms with E-state index >= 15 is 0 Å². The number of hydrazone groups is 1. The zero-order valence-corrected chi connectivity index (χ0v) is 22.1. The lowest BCUT2D eigenvalue weighted by molar-refractivity contribution is -0.231. The number of carbonyl (C=O) groups excluding carboxylic acids is 1. The van der Waals surface area contributed by atoms with Gasteiger partial charge in [-0.05, 0) is 63.6 Å². The highest BCUT2D eigenvalue weighted by Crippen LogP contribution is 2.44. The summed E-state index contributed by atoms with van der Waals surface area (Å²) in [5, 5.41) is 4.06. The number of benzene rings is 2. The van der Waals surface area contributed by atoms with E-state index in [1.165, 1.54) is 19.4 Å². The van der Waals surface area contributed by atoms with Gasteiger partial charge in [-0.2, -0.15) is 5.10 Å². The molecule has 3 fully saturated rings. The van der Waals surface area contributed by atoms with Crippen LogP contribution in [0.3, 0.4) is 0 Å². The van der Waals surface area contributed by atoms with E-state index in [9.17, 15) is 13.6 Å². The van der Waals surface area contributed by atoms with Crippen molar-refractivity contribution in [2.75, 3.05) is 7.11 Å². The second kappa shape index (κ2) is 10.4. The van der Waals surface area contributed by atoms with Crippen LogP contribution in [0.2, 0.25) is 0 Å². The summed E-state index contributed by atoms with van der Waals surface area (Å²) in [5.74, 6) is -3.50. The molecule has 1 N–H and O–H groups in total. The van der Waals surface area contributed by atoms with E-state index in [1.807, 2.05) is 0 Å². The van der Waals surface area contributed by atoms with Gasteiger partial charge < -0.3 is 33.2 Å². The summed E-state index contributed by atoms with van der Waals surface area (Å²) in [6, 6.07) is 8.17. The smallest absolute Gasteiger partial charge is 0.272 e. The number of methoxy groups -OCH3 is 1. The number of halogens is 2. The SMILES string of the molecule is COc1ccc(C=NNC(=O)C2OC3OC(C)(C)OC3C3OC(C)(C)OC23)cc1COc1ccc(F)cc1F. The summed E-state index contributed by atoms with van der Waals surface area (Å²) in [7, 11) is 1.49. The van der Waals surface area contributed by atoms with Gasteiger partial charge in [0.25, 0.3) is 5.91 Å². The minimum absolute atomic E-state index is 0.0488. The lowest BCUT2D eigenvalue weighted by Gasteiger charge is -2.36. The quantitative estimate of drug-likeness (QED) is 0.415. The number of nitrogens with one attached hydrogen (secondary N) is 1. The van der Waals surface area contributed by atoms with Crippen molar-refractivity contribution < 1.29 is 46.7 Å². The van der Waals surface area contributed by atoms with Crippen LogP contribution in [0.15, 0.2) is 41.5 Å². The Balaban J connectivity index is 1.26. The van der Waals surface area contributed by atoms with Gasteiger partial charge in [0.2, 0.25) is 0 Å². The van der Waals surface area contributed by atoms with Crippen molar-refractivity contribution in [3.63, 3.8) is 0 Å². The van der Waals surface area contributed by atoms with Gasteiger partial charge in [-0.3, -0.25) is 4.79 Å². The second-order valence-electron chi connectivity index (χ2n) is 10.3. The first-order valence-corrected chi connectivity index (χ1v) is 12.4. The normalized spacial score (nSPS) is 28.6. The first-order chi connectivity index (χ1) is 18.4. The first-order valence-electron chi connectivity index (χ1n) is 12.4. The van der Waals surface area contributed by atoms with Gasteiger partial charge in [-0.1, -0.05) is 0 Å². The fourth-order valence-corrected chi connectivity index (χ4v) is 4.80. The molecule has 10 nitrogen and oxygen atoms in total. The maximum Gasteiger partial charge on any atom is 0.272 e. The van der Waals surface area contributed by atoms with Crippen LogP contribution in [-0.4, -0.2) is 61.5 Å². The molecule has 2 aromatic carbocycles. The van der Waals surface area contributed by atoms with Gasteiger partial charge in [0.05, 0.1) is 13.3 Å². The number of rotatable bonds is 7. The van der Waals surface area contributed by atoms with Gasteiger partial charge in [-0.25, -0.2) is 14.2 Å². The van der Waals surface area contributed by atoms with E-state index in [0.29, 0.717) is 16.9 Å². The molecule has 0 radical (unpaired) electrons. The minimum atomic E-state index is -1.06. The van der Waals surface area contributed by atoms with E-state index in [2.05, 4.69) is 10.5 Å². The molecule has 3 aliphatic heterocycles. The van der Waals surface area contributed by atoms with Crippen LogP contribution in [0.1, 0.15) is 38.8 Å². The number of fused-ring (bicyclic) bond motifs is 3. The fraction of sp³-hybridized carbons (Fsp3) is 0.481. The summed E-state index contributed by atoms with van der Waals surface area (Å²) in [4.78, 5) is 13.1. The number of amides is 1. The lowest BCUT2D eigenvalue weighted by Crippen LogP contribution is -2.59. The van der Waals surface area contributed by atoms with Crippen molar-refractivity contribution in [1.82, 2.24) is 5.43 Å². The molecule has 0 bridgehead atoms. The highest BCUT2D eigenvalue weighted by atomic mass is 19.1. The van der Waals surface area contributed by atoms with Crippen molar-refractivity contribution in [3.8, 4) is 11.5 Å². The van der Waals surface area contributed by atoms with E-state index in [-0.39, 0.29) is 12.4 Å². The predicted octanol–water partition coefficient (Wildman–Crippen LogP) is 3.40. The minimum Gasteiger partial charge on any atom is -0.496 e. The first kappa shape index (κ1) is 27.4. The molecule has 0 aliphatic carbocycles. The Kier molecular flexibility index (Phi) is 7.33. The molecule has 5 atom stereocenters. The Hall–Kier alpha value is -3.16. The van der Waals surface area contributed by atoms with Gasteiger partial charge in [0, 0.05) is 11.6 Å². The summed E-state index contributed by atoms with van der Waals surface area (Å²) in [6.45, 7) is 6.98.